The molecule has 0 saturated carbocycles. The van der Waals surface area contributed by atoms with E-state index in [0.717, 1.165) is 5.56 Å². The first-order chi connectivity index (χ1) is 12.8. The van der Waals surface area contributed by atoms with E-state index in [4.69, 9.17) is 0 Å². The van der Waals surface area contributed by atoms with Crippen molar-refractivity contribution in [3.05, 3.63) is 41.1 Å². The van der Waals surface area contributed by atoms with Gasteiger partial charge in [-0.3, -0.25) is 0 Å². The zero-order valence-corrected chi connectivity index (χ0v) is 22.6. The molecule has 0 bridgehead atoms. The van der Waals surface area contributed by atoms with Crippen molar-refractivity contribution in [3.63, 3.8) is 0 Å². The molecule has 0 heterocycles. The molecule has 1 rings (SSSR count). The van der Waals surface area contributed by atoms with Gasteiger partial charge in [-0.2, -0.15) is 0 Å². The van der Waals surface area contributed by atoms with Gasteiger partial charge in [0.15, 0.2) is 0 Å². The van der Waals surface area contributed by atoms with Crippen LogP contribution in [-0.2, 0) is 0 Å². The average molecular weight is 490 g/mol. The summed E-state index contributed by atoms with van der Waals surface area (Å²) in [6, 6.07) is 10.9. The molecule has 1 nitrogen and oxygen atoms in total. The van der Waals surface area contributed by atoms with Crippen LogP contribution >= 0.6 is 0 Å². The van der Waals surface area contributed by atoms with E-state index in [1.807, 2.05) is 12.1 Å². The standard InChI is InChI=1S/C12H14NSi.3C4H9.Sn/c1-14(2,3)9-8-11-4-6-12(10-13)7-5-11;3*1-3-4-2;/h4-7,9H,1-3H3;3*1,3-4H2,2H3;. The van der Waals surface area contributed by atoms with Crippen molar-refractivity contribution in [1.29, 1.82) is 5.26 Å². The Kier molecular flexibility index (Phi) is 11.0. The predicted molar refractivity (Wildman–Crippen MR) is 127 cm³/mol. The van der Waals surface area contributed by atoms with Gasteiger partial charge in [-0.25, -0.2) is 0 Å². The molecule has 0 aliphatic carbocycles. The third-order valence-corrected chi connectivity index (χ3v) is 23.2. The normalized spacial score (nSPS) is 12.9. The van der Waals surface area contributed by atoms with E-state index < -0.39 is 26.5 Å². The van der Waals surface area contributed by atoms with Gasteiger partial charge >= 0.3 is 175 Å². The summed E-state index contributed by atoms with van der Waals surface area (Å²) in [5.41, 5.74) is 4.98. The van der Waals surface area contributed by atoms with Gasteiger partial charge < -0.3 is 0 Å². The van der Waals surface area contributed by atoms with Crippen LogP contribution in [0.1, 0.15) is 70.4 Å². The first kappa shape index (κ1) is 24.5. The molecule has 0 atom stereocenters. The minimum absolute atomic E-state index is 0.780. The van der Waals surface area contributed by atoms with E-state index in [1.165, 1.54) is 57.4 Å². The Hall–Kier alpha value is -0.534. The average Bonchev–Trinajstić information content (AvgIpc) is 2.65. The third-order valence-electron chi connectivity index (χ3n) is 5.50. The molecule has 0 amide bonds. The van der Waals surface area contributed by atoms with Crippen molar-refractivity contribution >= 4 is 30.0 Å². The second-order valence-electron chi connectivity index (χ2n) is 9.20. The molecule has 0 saturated heterocycles. The number of hydrogen-bond donors (Lipinski definition) is 0. The first-order valence-electron chi connectivity index (χ1n) is 11.1. The van der Waals surface area contributed by atoms with E-state index in [1.54, 1.807) is 3.59 Å². The summed E-state index contributed by atoms with van der Waals surface area (Å²) >= 11 is -2.50. The van der Waals surface area contributed by atoms with Crippen molar-refractivity contribution in [2.45, 2.75) is 92.2 Å². The fourth-order valence-electron chi connectivity index (χ4n) is 4.02. The van der Waals surface area contributed by atoms with Crippen LogP contribution in [0.2, 0.25) is 33.0 Å². The molecule has 3 heteroatoms. The maximum atomic E-state index is 9.22. The summed E-state index contributed by atoms with van der Waals surface area (Å²) < 4.78 is 6.30. The van der Waals surface area contributed by atoms with Crippen LogP contribution in [0.3, 0.4) is 0 Å². The molecule has 1 aromatic rings. The van der Waals surface area contributed by atoms with Crippen LogP contribution in [-0.4, -0.2) is 26.5 Å². The van der Waals surface area contributed by atoms with Gasteiger partial charge in [-0.05, 0) is 0 Å². The van der Waals surface area contributed by atoms with Gasteiger partial charge in [-0.15, -0.1) is 0 Å². The number of nitriles is 1. The summed E-state index contributed by atoms with van der Waals surface area (Å²) in [4.78, 5) is 0. The van der Waals surface area contributed by atoms with Crippen molar-refractivity contribution in [2.75, 3.05) is 0 Å². The number of benzene rings is 1. The van der Waals surface area contributed by atoms with Crippen LogP contribution in [0.4, 0.5) is 0 Å². The molecule has 1 aromatic carbocycles. The molecule has 0 aliphatic rings. The number of hydrogen-bond acceptors (Lipinski definition) is 1. The Morgan fingerprint density at radius 3 is 1.67 bits per heavy atom. The predicted octanol–water partition coefficient (Wildman–Crippen LogP) is 8.21. The molecular weight excluding hydrogens is 449 g/mol. The molecule has 0 fully saturated rings. The van der Waals surface area contributed by atoms with Crippen molar-refractivity contribution in [3.8, 4) is 6.07 Å². The van der Waals surface area contributed by atoms with Crippen LogP contribution in [0.5, 0.6) is 0 Å². The van der Waals surface area contributed by atoms with Gasteiger partial charge in [0.2, 0.25) is 0 Å². The van der Waals surface area contributed by atoms with E-state index in [0.29, 0.717) is 0 Å². The van der Waals surface area contributed by atoms with Crippen LogP contribution in [0.15, 0.2) is 30.0 Å². The summed E-state index contributed by atoms with van der Waals surface area (Å²) in [6.07, 6.45) is 8.11. The van der Waals surface area contributed by atoms with E-state index in [-0.39, 0.29) is 0 Å². The second kappa shape index (κ2) is 12.1. The molecular formula is C24H41NSiSn. The van der Waals surface area contributed by atoms with Gasteiger partial charge in [0, 0.05) is 0 Å². The Bertz CT molecular complexity index is 597. The molecule has 0 N–H and O–H groups in total. The number of unbranched alkanes of at least 4 members (excludes halogenated alkanes) is 3. The van der Waals surface area contributed by atoms with Crippen LogP contribution < -0.4 is 0 Å². The molecule has 0 aliphatic heterocycles. The molecule has 150 valence electrons. The molecule has 0 unspecified atom stereocenters. The van der Waals surface area contributed by atoms with Crippen LogP contribution in [0.25, 0.3) is 3.59 Å². The zero-order valence-electron chi connectivity index (χ0n) is 18.7. The van der Waals surface area contributed by atoms with E-state index in [9.17, 15) is 5.26 Å². The molecule has 27 heavy (non-hydrogen) atoms. The first-order valence-corrected chi connectivity index (χ1v) is 22.1. The Morgan fingerprint density at radius 1 is 0.889 bits per heavy atom. The van der Waals surface area contributed by atoms with Crippen LogP contribution in [0, 0.1) is 11.3 Å². The molecule has 0 spiro atoms. The molecule has 0 aromatic heterocycles. The SMILES string of the molecule is CCC[CH2][Sn]([CH2]CCC)([CH2]CCC)/[C](=C\[Si](C)(C)C)c1ccc(C#N)cc1. The Labute approximate surface area is 174 Å². The fraction of sp³-hybridized carbons (Fsp3) is 0.625. The summed E-state index contributed by atoms with van der Waals surface area (Å²) in [7, 11) is -1.33. The topological polar surface area (TPSA) is 23.8 Å². The second-order valence-corrected chi connectivity index (χ2v) is 27.4. The van der Waals surface area contributed by atoms with E-state index >= 15 is 0 Å². The van der Waals surface area contributed by atoms with Gasteiger partial charge in [0.05, 0.1) is 0 Å². The van der Waals surface area contributed by atoms with Gasteiger partial charge in [0.1, 0.15) is 0 Å². The number of rotatable bonds is 12. The van der Waals surface area contributed by atoms with Crippen molar-refractivity contribution in [1.82, 2.24) is 0 Å². The minimum atomic E-state index is -2.50. The Morgan fingerprint density at radius 2 is 1.33 bits per heavy atom. The molecule has 0 radical (unpaired) electrons. The zero-order chi connectivity index (χ0) is 20.3. The van der Waals surface area contributed by atoms with E-state index in [2.05, 4.69) is 64.3 Å². The summed E-state index contributed by atoms with van der Waals surface area (Å²) in [6.45, 7) is 14.5. The van der Waals surface area contributed by atoms with Gasteiger partial charge in [-0.1, -0.05) is 0 Å². The quantitative estimate of drug-likeness (QED) is 0.271. The number of nitrogens with zero attached hydrogens (tertiary/aromatic N) is 1. The Balaban J connectivity index is 3.53. The summed E-state index contributed by atoms with van der Waals surface area (Å²) in [5.74, 6) is 0. The van der Waals surface area contributed by atoms with Crippen molar-refractivity contribution in [2.24, 2.45) is 0 Å². The fourth-order valence-corrected chi connectivity index (χ4v) is 27.2. The third kappa shape index (κ3) is 8.16. The van der Waals surface area contributed by atoms with Gasteiger partial charge in [0.25, 0.3) is 0 Å². The maximum absolute atomic E-state index is 9.22. The van der Waals surface area contributed by atoms with Crippen molar-refractivity contribution < 1.29 is 0 Å². The summed E-state index contributed by atoms with van der Waals surface area (Å²) in [5, 5.41) is 9.22. The monoisotopic (exact) mass is 491 g/mol.